The van der Waals surface area contributed by atoms with Crippen molar-refractivity contribution in [1.82, 2.24) is 10.3 Å². The number of aromatic carboxylic acids is 1. The summed E-state index contributed by atoms with van der Waals surface area (Å²) in [6, 6.07) is -0.444. The normalized spacial score (nSPS) is 12.1. The lowest BCUT2D eigenvalue weighted by Gasteiger charge is -2.09. The van der Waals surface area contributed by atoms with Crippen LogP contribution in [0.3, 0.4) is 0 Å². The van der Waals surface area contributed by atoms with Crippen LogP contribution in [0.5, 0.6) is 0 Å². The molecule has 1 rings (SSSR count). The summed E-state index contributed by atoms with van der Waals surface area (Å²) in [5, 5.41) is 13.2. The van der Waals surface area contributed by atoms with Gasteiger partial charge in [0.15, 0.2) is 0 Å². The van der Waals surface area contributed by atoms with Gasteiger partial charge in [0, 0.05) is 11.9 Å². The number of rotatable bonds is 5. The van der Waals surface area contributed by atoms with E-state index in [1.165, 1.54) is 7.11 Å². The lowest BCUT2D eigenvalue weighted by atomic mass is 10.3. The molecule has 6 nitrogen and oxygen atoms in total. The SMILES string of the molecule is COC(=O)C(C)NCc1csc(C(=O)O)n1. The van der Waals surface area contributed by atoms with Crippen LogP contribution in [0.15, 0.2) is 5.38 Å². The van der Waals surface area contributed by atoms with Crippen molar-refractivity contribution in [2.45, 2.75) is 19.5 Å². The second-order valence-corrected chi connectivity index (χ2v) is 3.93. The van der Waals surface area contributed by atoms with Gasteiger partial charge < -0.3 is 9.84 Å². The Hall–Kier alpha value is -1.47. The molecule has 0 bridgehead atoms. The Morgan fingerprint density at radius 3 is 2.88 bits per heavy atom. The zero-order valence-electron chi connectivity index (χ0n) is 8.89. The minimum atomic E-state index is -1.04. The van der Waals surface area contributed by atoms with Crippen molar-refractivity contribution in [3.05, 3.63) is 16.1 Å². The summed E-state index contributed by atoms with van der Waals surface area (Å²) in [7, 11) is 1.31. The first-order valence-corrected chi connectivity index (χ1v) is 5.41. The highest BCUT2D eigenvalue weighted by atomic mass is 32.1. The number of hydrogen-bond donors (Lipinski definition) is 2. The third-order valence-electron chi connectivity index (χ3n) is 1.88. The van der Waals surface area contributed by atoms with Gasteiger partial charge in [0.1, 0.15) is 6.04 Å². The highest BCUT2D eigenvalue weighted by molar-refractivity contribution is 7.11. The number of aromatic nitrogens is 1. The van der Waals surface area contributed by atoms with E-state index in [4.69, 9.17) is 5.11 Å². The molecule has 0 aliphatic carbocycles. The van der Waals surface area contributed by atoms with Gasteiger partial charge in [0.2, 0.25) is 5.01 Å². The average molecular weight is 244 g/mol. The molecule has 1 unspecified atom stereocenters. The molecule has 7 heteroatoms. The first-order valence-electron chi connectivity index (χ1n) is 4.53. The largest absolute Gasteiger partial charge is 0.476 e. The average Bonchev–Trinajstić information content (AvgIpc) is 2.73. The number of carbonyl (C=O) groups is 2. The molecule has 0 fully saturated rings. The zero-order chi connectivity index (χ0) is 12.1. The van der Waals surface area contributed by atoms with E-state index in [0.717, 1.165) is 11.3 Å². The van der Waals surface area contributed by atoms with E-state index in [1.807, 2.05) is 0 Å². The second-order valence-electron chi connectivity index (χ2n) is 3.07. The van der Waals surface area contributed by atoms with Gasteiger partial charge in [0.05, 0.1) is 12.8 Å². The standard InChI is InChI=1S/C9H12N2O4S/c1-5(9(14)15-2)10-3-6-4-16-7(11-6)8(12)13/h4-5,10H,3H2,1-2H3,(H,12,13). The molecule has 2 N–H and O–H groups in total. The Kier molecular flexibility index (Phi) is 4.39. The highest BCUT2D eigenvalue weighted by Crippen LogP contribution is 2.09. The van der Waals surface area contributed by atoms with Crippen LogP contribution in [-0.2, 0) is 16.1 Å². The molecule has 0 saturated heterocycles. The van der Waals surface area contributed by atoms with Crippen molar-refractivity contribution in [2.24, 2.45) is 0 Å². The first kappa shape index (κ1) is 12.6. The third kappa shape index (κ3) is 3.28. The molecule has 88 valence electrons. The molecule has 1 heterocycles. The fourth-order valence-corrected chi connectivity index (χ4v) is 1.66. The third-order valence-corrected chi connectivity index (χ3v) is 2.76. The van der Waals surface area contributed by atoms with E-state index in [-0.39, 0.29) is 11.0 Å². The van der Waals surface area contributed by atoms with Crippen LogP contribution in [0.25, 0.3) is 0 Å². The molecule has 0 spiro atoms. The molecule has 0 amide bonds. The molecule has 0 aromatic carbocycles. The van der Waals surface area contributed by atoms with Crippen LogP contribution < -0.4 is 5.32 Å². The number of thiazole rings is 1. The van der Waals surface area contributed by atoms with Gasteiger partial charge in [0.25, 0.3) is 0 Å². The van der Waals surface area contributed by atoms with Crippen molar-refractivity contribution in [3.8, 4) is 0 Å². The minimum absolute atomic E-state index is 0.0440. The molecule has 0 saturated carbocycles. The Bertz CT molecular complexity index is 391. The molecule has 1 atom stereocenters. The van der Waals surface area contributed by atoms with Crippen molar-refractivity contribution in [1.29, 1.82) is 0 Å². The highest BCUT2D eigenvalue weighted by Gasteiger charge is 2.13. The molecule has 0 radical (unpaired) electrons. The predicted molar refractivity (Wildman–Crippen MR) is 57.4 cm³/mol. The Balaban J connectivity index is 2.48. The summed E-state index contributed by atoms with van der Waals surface area (Å²) in [5.74, 6) is -1.41. The first-order chi connectivity index (χ1) is 7.54. The monoisotopic (exact) mass is 244 g/mol. The van der Waals surface area contributed by atoms with Crippen LogP contribution in [0.4, 0.5) is 0 Å². The predicted octanol–water partition coefficient (Wildman–Crippen LogP) is 0.492. The Morgan fingerprint density at radius 2 is 2.38 bits per heavy atom. The van der Waals surface area contributed by atoms with E-state index in [0.29, 0.717) is 12.2 Å². The second kappa shape index (κ2) is 5.57. The fourth-order valence-electron chi connectivity index (χ4n) is 1.00. The maximum absolute atomic E-state index is 11.0. The van der Waals surface area contributed by atoms with Crippen LogP contribution in [0.1, 0.15) is 22.4 Å². The van der Waals surface area contributed by atoms with Crippen LogP contribution in [-0.4, -0.2) is 35.2 Å². The van der Waals surface area contributed by atoms with E-state index in [9.17, 15) is 9.59 Å². The number of carboxylic acid groups (broad SMARTS) is 1. The molecular formula is C9H12N2O4S. The van der Waals surface area contributed by atoms with Crippen molar-refractivity contribution < 1.29 is 19.4 Å². The van der Waals surface area contributed by atoms with Gasteiger partial charge in [-0.05, 0) is 6.92 Å². The number of methoxy groups -OCH3 is 1. The van der Waals surface area contributed by atoms with E-state index < -0.39 is 12.0 Å². The fraction of sp³-hybridized carbons (Fsp3) is 0.444. The van der Waals surface area contributed by atoms with Gasteiger partial charge in [-0.3, -0.25) is 10.1 Å². The number of nitrogens with one attached hydrogen (secondary N) is 1. The summed E-state index contributed by atoms with van der Waals surface area (Å²) in [6.07, 6.45) is 0. The van der Waals surface area contributed by atoms with Crippen LogP contribution in [0.2, 0.25) is 0 Å². The molecule has 1 aromatic heterocycles. The molecule has 0 aliphatic rings. The van der Waals surface area contributed by atoms with Crippen LogP contribution >= 0.6 is 11.3 Å². The number of nitrogens with zero attached hydrogens (tertiary/aromatic N) is 1. The number of ether oxygens (including phenoxy) is 1. The van der Waals surface area contributed by atoms with Gasteiger partial charge in [-0.15, -0.1) is 11.3 Å². The summed E-state index contributed by atoms with van der Waals surface area (Å²) in [4.78, 5) is 25.5. The van der Waals surface area contributed by atoms with E-state index >= 15 is 0 Å². The summed E-state index contributed by atoms with van der Waals surface area (Å²) in [5.41, 5.74) is 0.596. The van der Waals surface area contributed by atoms with Crippen LogP contribution in [0, 0.1) is 0 Å². The molecular weight excluding hydrogens is 232 g/mol. The van der Waals surface area contributed by atoms with E-state index in [2.05, 4.69) is 15.0 Å². The van der Waals surface area contributed by atoms with Crippen molar-refractivity contribution in [3.63, 3.8) is 0 Å². The summed E-state index contributed by atoms with van der Waals surface area (Å²) in [6.45, 7) is 2.00. The minimum Gasteiger partial charge on any atom is -0.476 e. The summed E-state index contributed by atoms with van der Waals surface area (Å²) >= 11 is 1.06. The molecule has 16 heavy (non-hydrogen) atoms. The van der Waals surface area contributed by atoms with Gasteiger partial charge in [-0.25, -0.2) is 9.78 Å². The number of esters is 1. The maximum Gasteiger partial charge on any atom is 0.365 e. The zero-order valence-corrected chi connectivity index (χ0v) is 9.71. The number of carboxylic acids is 1. The van der Waals surface area contributed by atoms with Crippen molar-refractivity contribution >= 4 is 23.3 Å². The number of hydrogen-bond acceptors (Lipinski definition) is 6. The molecule has 0 aliphatic heterocycles. The van der Waals surface area contributed by atoms with Gasteiger partial charge >= 0.3 is 11.9 Å². The van der Waals surface area contributed by atoms with Gasteiger partial charge in [-0.2, -0.15) is 0 Å². The number of carbonyl (C=O) groups excluding carboxylic acids is 1. The Morgan fingerprint density at radius 1 is 1.69 bits per heavy atom. The lowest BCUT2D eigenvalue weighted by Crippen LogP contribution is -2.34. The topological polar surface area (TPSA) is 88.5 Å². The van der Waals surface area contributed by atoms with Gasteiger partial charge in [-0.1, -0.05) is 0 Å². The summed E-state index contributed by atoms with van der Waals surface area (Å²) < 4.78 is 4.53. The maximum atomic E-state index is 11.0. The molecule has 1 aromatic rings. The lowest BCUT2D eigenvalue weighted by molar-refractivity contribution is -0.142. The smallest absolute Gasteiger partial charge is 0.365 e. The quantitative estimate of drug-likeness (QED) is 0.733. The van der Waals surface area contributed by atoms with E-state index in [1.54, 1.807) is 12.3 Å². The Labute approximate surface area is 96.3 Å². The van der Waals surface area contributed by atoms with Crippen molar-refractivity contribution in [2.75, 3.05) is 7.11 Å².